The number of amides is 3. The molecule has 4 rings (SSSR count). The van der Waals surface area contributed by atoms with Gasteiger partial charge in [0.2, 0.25) is 10.0 Å². The maximum absolute atomic E-state index is 14.0. The number of imide groups is 1. The van der Waals surface area contributed by atoms with E-state index in [1.165, 1.54) is 6.07 Å². The van der Waals surface area contributed by atoms with Gasteiger partial charge in [-0.1, -0.05) is 6.07 Å². The Bertz CT molecular complexity index is 976. The summed E-state index contributed by atoms with van der Waals surface area (Å²) in [5, 5.41) is 4.83. The molecule has 31 heavy (non-hydrogen) atoms. The molecular formula is C20H27FN4O5S. The van der Waals surface area contributed by atoms with Crippen LogP contribution in [0.2, 0.25) is 0 Å². The van der Waals surface area contributed by atoms with Crippen LogP contribution in [0.1, 0.15) is 37.8 Å². The number of urea groups is 1. The van der Waals surface area contributed by atoms with Crippen molar-refractivity contribution in [1.29, 1.82) is 0 Å². The number of carbonyl (C=O) groups excluding carboxylic acids is 2. The number of hydrogen-bond acceptors (Lipinski definition) is 6. The third-order valence-electron chi connectivity index (χ3n) is 5.87. The van der Waals surface area contributed by atoms with Crippen LogP contribution >= 0.6 is 0 Å². The van der Waals surface area contributed by atoms with Crippen molar-refractivity contribution in [3.63, 3.8) is 0 Å². The molecule has 1 spiro atoms. The summed E-state index contributed by atoms with van der Waals surface area (Å²) in [6.07, 6.45) is 2.57. The van der Waals surface area contributed by atoms with E-state index in [-0.39, 0.29) is 17.4 Å². The quantitative estimate of drug-likeness (QED) is 0.452. The molecule has 2 saturated heterocycles. The summed E-state index contributed by atoms with van der Waals surface area (Å²) < 4.78 is 47.0. The van der Waals surface area contributed by atoms with E-state index in [0.29, 0.717) is 44.1 Å². The fourth-order valence-electron chi connectivity index (χ4n) is 3.89. The van der Waals surface area contributed by atoms with Gasteiger partial charge in [-0.25, -0.2) is 22.3 Å². The molecule has 9 nitrogen and oxygen atoms in total. The smallest absolute Gasteiger partial charge is 0.322 e. The predicted molar refractivity (Wildman–Crippen MR) is 110 cm³/mol. The van der Waals surface area contributed by atoms with E-state index in [1.54, 1.807) is 19.1 Å². The largest absolute Gasteiger partial charge is 0.490 e. The summed E-state index contributed by atoms with van der Waals surface area (Å²) >= 11 is 0. The van der Waals surface area contributed by atoms with Crippen LogP contribution in [0.3, 0.4) is 0 Å². The van der Waals surface area contributed by atoms with Crippen molar-refractivity contribution in [2.24, 2.45) is 5.92 Å². The highest BCUT2D eigenvalue weighted by Gasteiger charge is 2.54. The van der Waals surface area contributed by atoms with Crippen molar-refractivity contribution in [3.05, 3.63) is 29.6 Å². The zero-order valence-corrected chi connectivity index (χ0v) is 18.1. The van der Waals surface area contributed by atoms with E-state index in [2.05, 4.69) is 15.4 Å². The highest BCUT2D eigenvalue weighted by Crippen LogP contribution is 2.31. The van der Waals surface area contributed by atoms with Gasteiger partial charge in [-0.05, 0) is 56.3 Å². The van der Waals surface area contributed by atoms with Gasteiger partial charge >= 0.3 is 6.03 Å². The average molecular weight is 455 g/mol. The molecule has 1 saturated carbocycles. The first-order chi connectivity index (χ1) is 14.7. The maximum Gasteiger partial charge on any atom is 0.322 e. The lowest BCUT2D eigenvalue weighted by Gasteiger charge is -2.45. The summed E-state index contributed by atoms with van der Waals surface area (Å²) in [6, 6.07) is 3.36. The van der Waals surface area contributed by atoms with Crippen LogP contribution in [-0.2, 0) is 14.8 Å². The van der Waals surface area contributed by atoms with E-state index in [1.807, 2.05) is 4.90 Å². The van der Waals surface area contributed by atoms with Crippen LogP contribution in [0.5, 0.6) is 5.75 Å². The van der Waals surface area contributed by atoms with Crippen molar-refractivity contribution in [3.8, 4) is 5.75 Å². The van der Waals surface area contributed by atoms with Crippen LogP contribution in [0, 0.1) is 11.7 Å². The van der Waals surface area contributed by atoms with E-state index in [4.69, 9.17) is 4.74 Å². The Kier molecular flexibility index (Phi) is 5.93. The molecule has 1 aromatic carbocycles. The van der Waals surface area contributed by atoms with Crippen LogP contribution in [-0.4, -0.2) is 62.8 Å². The second-order valence-corrected chi connectivity index (χ2v) is 10.5. The minimum absolute atomic E-state index is 0.0778. The fourth-order valence-corrected chi connectivity index (χ4v) is 5.19. The molecule has 2 heterocycles. The SMILES string of the molecule is C[C@@H](NS(=O)(=O)CCCN1CC2(C1)NC(=O)NC2=O)c1ccc(F)c(OCC2CC2)c1. The van der Waals surface area contributed by atoms with Gasteiger partial charge in [0.25, 0.3) is 5.91 Å². The lowest BCUT2D eigenvalue weighted by atomic mass is 9.90. The highest BCUT2D eigenvalue weighted by molar-refractivity contribution is 7.89. The Labute approximate surface area is 180 Å². The summed E-state index contributed by atoms with van der Waals surface area (Å²) in [7, 11) is -3.55. The van der Waals surface area contributed by atoms with Gasteiger partial charge in [-0.2, -0.15) is 0 Å². The van der Waals surface area contributed by atoms with Gasteiger partial charge in [0.1, 0.15) is 5.54 Å². The molecule has 0 bridgehead atoms. The zero-order valence-electron chi connectivity index (χ0n) is 17.3. The normalized spacial score (nSPS) is 21.5. The van der Waals surface area contributed by atoms with Crippen LogP contribution in [0.15, 0.2) is 18.2 Å². The Morgan fingerprint density at radius 2 is 2.06 bits per heavy atom. The number of rotatable bonds is 10. The maximum atomic E-state index is 14.0. The number of sulfonamides is 1. The molecule has 0 aromatic heterocycles. The predicted octanol–water partition coefficient (Wildman–Crippen LogP) is 0.879. The lowest BCUT2D eigenvalue weighted by molar-refractivity contribution is -0.130. The molecular weight excluding hydrogens is 427 g/mol. The summed E-state index contributed by atoms with van der Waals surface area (Å²) in [5.41, 5.74) is -0.242. The molecule has 3 amide bonds. The van der Waals surface area contributed by atoms with Gasteiger partial charge in [0.05, 0.1) is 12.4 Å². The molecule has 3 N–H and O–H groups in total. The van der Waals surface area contributed by atoms with Crippen LogP contribution < -0.4 is 20.1 Å². The van der Waals surface area contributed by atoms with Gasteiger partial charge in [0, 0.05) is 19.1 Å². The van der Waals surface area contributed by atoms with Crippen LogP contribution in [0.25, 0.3) is 0 Å². The molecule has 3 aliphatic rings. The van der Waals surface area contributed by atoms with Gasteiger partial charge in [0.15, 0.2) is 11.6 Å². The second-order valence-electron chi connectivity index (χ2n) is 8.66. The first kappa shape index (κ1) is 22.0. The van der Waals surface area contributed by atoms with Crippen molar-refractivity contribution >= 4 is 22.0 Å². The number of halogens is 1. The van der Waals surface area contributed by atoms with E-state index >= 15 is 0 Å². The van der Waals surface area contributed by atoms with E-state index in [0.717, 1.165) is 12.8 Å². The first-order valence-electron chi connectivity index (χ1n) is 10.4. The third-order valence-corrected chi connectivity index (χ3v) is 7.41. The Hall–Kier alpha value is -2.24. The minimum atomic E-state index is -3.55. The molecule has 170 valence electrons. The molecule has 0 unspecified atom stereocenters. The van der Waals surface area contributed by atoms with Crippen molar-refractivity contribution < 1.29 is 27.1 Å². The topological polar surface area (TPSA) is 117 Å². The number of nitrogens with zero attached hydrogens (tertiary/aromatic N) is 1. The number of likely N-dealkylation sites (tertiary alicyclic amines) is 1. The summed E-state index contributed by atoms with van der Waals surface area (Å²) in [4.78, 5) is 25.0. The summed E-state index contributed by atoms with van der Waals surface area (Å²) in [5.74, 6) is -0.244. The van der Waals surface area contributed by atoms with E-state index < -0.39 is 33.5 Å². The molecule has 1 aliphatic carbocycles. The van der Waals surface area contributed by atoms with Crippen molar-refractivity contribution in [2.75, 3.05) is 32.0 Å². The highest BCUT2D eigenvalue weighted by atomic mass is 32.2. The number of nitrogens with one attached hydrogen (secondary N) is 3. The summed E-state index contributed by atoms with van der Waals surface area (Å²) in [6.45, 7) is 3.41. The Morgan fingerprint density at radius 3 is 2.71 bits per heavy atom. The Balaban J connectivity index is 1.23. The van der Waals surface area contributed by atoms with Crippen molar-refractivity contribution in [1.82, 2.24) is 20.3 Å². The third kappa shape index (κ3) is 5.16. The van der Waals surface area contributed by atoms with Crippen LogP contribution in [0.4, 0.5) is 9.18 Å². The monoisotopic (exact) mass is 454 g/mol. The standard InChI is InChI=1S/C20H27FN4O5S/c1-13(15-5-6-16(21)17(9-15)30-10-14-3-4-14)24-31(28,29)8-2-7-25-11-20(12-25)18(26)22-19(27)23-20/h5-6,9,13-14,24H,2-4,7-8,10-12H2,1H3,(H2,22,23,26,27)/t13-/m1/s1. The molecule has 11 heteroatoms. The number of ether oxygens (including phenoxy) is 1. The van der Waals surface area contributed by atoms with Gasteiger partial charge in [-0.15, -0.1) is 0 Å². The first-order valence-corrected chi connectivity index (χ1v) is 12.1. The number of hydrogen-bond donors (Lipinski definition) is 3. The van der Waals surface area contributed by atoms with Crippen molar-refractivity contribution in [2.45, 2.75) is 37.8 Å². The number of carbonyl (C=O) groups is 2. The zero-order chi connectivity index (χ0) is 22.2. The average Bonchev–Trinajstić information content (AvgIpc) is 3.43. The second kappa shape index (κ2) is 8.36. The van der Waals surface area contributed by atoms with Gasteiger partial charge in [-0.3, -0.25) is 15.0 Å². The minimum Gasteiger partial charge on any atom is -0.490 e. The molecule has 1 atom stereocenters. The van der Waals surface area contributed by atoms with Gasteiger partial charge < -0.3 is 10.1 Å². The lowest BCUT2D eigenvalue weighted by Crippen LogP contribution is -2.70. The molecule has 2 aliphatic heterocycles. The molecule has 3 fully saturated rings. The molecule has 1 aromatic rings. The molecule has 0 radical (unpaired) electrons. The number of benzene rings is 1. The van der Waals surface area contributed by atoms with E-state index in [9.17, 15) is 22.4 Å². The Morgan fingerprint density at radius 1 is 1.32 bits per heavy atom. The fraction of sp³-hybridized carbons (Fsp3) is 0.600.